The number of nitrogens with one attached hydrogen (secondary N) is 2. The van der Waals surface area contributed by atoms with Gasteiger partial charge in [0.25, 0.3) is 10.0 Å². The third-order valence-corrected chi connectivity index (χ3v) is 8.43. The van der Waals surface area contributed by atoms with Crippen molar-refractivity contribution in [2.75, 3.05) is 25.0 Å². The molecule has 1 saturated heterocycles. The fourth-order valence-electron chi connectivity index (χ4n) is 4.83. The fraction of sp³-hybridized carbons (Fsp3) is 0.375. The van der Waals surface area contributed by atoms with E-state index in [9.17, 15) is 31.6 Å². The van der Waals surface area contributed by atoms with Crippen LogP contribution in [-0.2, 0) is 10.0 Å². The normalized spacial score (nSPS) is 20.1. The molecule has 3 heterocycles. The highest BCUT2D eigenvalue weighted by Crippen LogP contribution is 2.43. The molecule has 2 fully saturated rings. The summed E-state index contributed by atoms with van der Waals surface area (Å²) in [6.07, 6.45) is 0.0418. The van der Waals surface area contributed by atoms with Gasteiger partial charge in [-0.2, -0.15) is 18.4 Å². The Morgan fingerprint density at radius 2 is 1.89 bits per heavy atom. The third-order valence-electron chi connectivity index (χ3n) is 6.75. The monoisotopic (exact) mass is 532 g/mol. The number of benzene rings is 1. The summed E-state index contributed by atoms with van der Waals surface area (Å²) in [4.78, 5) is 18.1. The van der Waals surface area contributed by atoms with Crippen LogP contribution in [0.4, 0.5) is 23.7 Å². The van der Waals surface area contributed by atoms with Gasteiger partial charge < -0.3 is 15.5 Å². The van der Waals surface area contributed by atoms with E-state index >= 15 is 0 Å². The number of hydrogen-bond donors (Lipinski definition) is 2. The van der Waals surface area contributed by atoms with Crippen LogP contribution in [-0.4, -0.2) is 60.2 Å². The lowest BCUT2D eigenvalue weighted by molar-refractivity contribution is -0.123. The van der Waals surface area contributed by atoms with Gasteiger partial charge in [-0.05, 0) is 37.0 Å². The number of pyridine rings is 1. The minimum atomic E-state index is -4.51. The van der Waals surface area contributed by atoms with E-state index in [-0.39, 0.29) is 41.2 Å². The zero-order valence-corrected chi connectivity index (χ0v) is 20.3. The molecule has 37 heavy (non-hydrogen) atoms. The van der Waals surface area contributed by atoms with Gasteiger partial charge in [0, 0.05) is 42.8 Å². The summed E-state index contributed by atoms with van der Waals surface area (Å²) >= 11 is 0. The van der Waals surface area contributed by atoms with Crippen molar-refractivity contribution in [1.29, 1.82) is 5.26 Å². The standard InChI is InChI=1S/C24H23F3N6O3S/c25-24(26,27)14-30-23(34)32-12-19(15-6-7-15)20(13-32)31-21-16(10-28)11-29-22-18(21)8-9-33(22)37(35,36)17-4-2-1-3-5-17/h1-5,8-9,11,15,19-20H,6-7,12-14H2,(H,29,31)(H,30,34)/t19-,20-/m0/s1. The van der Waals surface area contributed by atoms with Crippen LogP contribution in [0.3, 0.4) is 0 Å². The van der Waals surface area contributed by atoms with E-state index in [1.54, 1.807) is 24.3 Å². The van der Waals surface area contributed by atoms with E-state index in [0.717, 1.165) is 16.8 Å². The van der Waals surface area contributed by atoms with E-state index in [2.05, 4.69) is 16.4 Å². The number of hydrogen-bond acceptors (Lipinski definition) is 6. The summed E-state index contributed by atoms with van der Waals surface area (Å²) in [5.41, 5.74) is 0.700. The van der Waals surface area contributed by atoms with E-state index in [1.165, 1.54) is 29.4 Å². The van der Waals surface area contributed by atoms with E-state index < -0.39 is 28.8 Å². The van der Waals surface area contributed by atoms with Crippen LogP contribution in [0.25, 0.3) is 11.0 Å². The number of nitriles is 1. The zero-order valence-electron chi connectivity index (χ0n) is 19.4. The third kappa shape index (κ3) is 4.93. The zero-order chi connectivity index (χ0) is 26.4. The number of carbonyl (C=O) groups is 1. The molecule has 3 aromatic rings. The maximum atomic E-state index is 13.2. The van der Waals surface area contributed by atoms with Crippen molar-refractivity contribution in [2.24, 2.45) is 11.8 Å². The molecule has 0 bridgehead atoms. The van der Waals surface area contributed by atoms with Crippen LogP contribution in [0, 0.1) is 23.2 Å². The molecule has 0 radical (unpaired) electrons. The van der Waals surface area contributed by atoms with Crippen molar-refractivity contribution in [3.05, 3.63) is 54.4 Å². The molecule has 2 aliphatic rings. The maximum absolute atomic E-state index is 13.2. The first-order valence-electron chi connectivity index (χ1n) is 11.7. The first-order valence-corrected chi connectivity index (χ1v) is 13.1. The SMILES string of the molecule is N#Cc1cnc2c(ccn2S(=O)(=O)c2ccccc2)c1N[C@H]1CN(C(=O)NCC(F)(F)F)C[C@H]1C1CC1. The van der Waals surface area contributed by atoms with E-state index in [4.69, 9.17) is 0 Å². The minimum absolute atomic E-state index is 0.0264. The van der Waals surface area contributed by atoms with Crippen LogP contribution in [0.5, 0.6) is 0 Å². The van der Waals surface area contributed by atoms with Crippen molar-refractivity contribution in [2.45, 2.75) is 30.0 Å². The van der Waals surface area contributed by atoms with Gasteiger partial charge in [-0.3, -0.25) is 0 Å². The predicted octanol–water partition coefficient (Wildman–Crippen LogP) is 3.54. The Morgan fingerprint density at radius 1 is 1.16 bits per heavy atom. The molecule has 2 N–H and O–H groups in total. The molecule has 2 atom stereocenters. The molecule has 9 nitrogen and oxygen atoms in total. The Morgan fingerprint density at radius 3 is 2.54 bits per heavy atom. The molecule has 2 amide bonds. The van der Waals surface area contributed by atoms with Gasteiger partial charge in [-0.15, -0.1) is 0 Å². The van der Waals surface area contributed by atoms with Crippen molar-refractivity contribution < 1.29 is 26.4 Å². The quantitative estimate of drug-likeness (QED) is 0.501. The second-order valence-corrected chi connectivity index (χ2v) is 11.1. The van der Waals surface area contributed by atoms with Crippen molar-refractivity contribution >= 4 is 32.8 Å². The van der Waals surface area contributed by atoms with Gasteiger partial charge in [0.05, 0.1) is 16.1 Å². The first-order chi connectivity index (χ1) is 17.6. The molecule has 13 heteroatoms. The van der Waals surface area contributed by atoms with Crippen LogP contribution >= 0.6 is 0 Å². The van der Waals surface area contributed by atoms with Crippen LogP contribution in [0.2, 0.25) is 0 Å². The summed E-state index contributed by atoms with van der Waals surface area (Å²) in [5.74, 6) is 0.283. The number of likely N-dealkylation sites (tertiary alicyclic amines) is 1. The second kappa shape index (κ2) is 9.26. The number of nitrogens with zero attached hydrogens (tertiary/aromatic N) is 4. The highest BCUT2D eigenvalue weighted by molar-refractivity contribution is 7.90. The molecule has 5 rings (SSSR count). The summed E-state index contributed by atoms with van der Waals surface area (Å²) in [7, 11) is -3.95. The second-order valence-electron chi connectivity index (χ2n) is 9.26. The van der Waals surface area contributed by atoms with Gasteiger partial charge in [-0.25, -0.2) is 22.2 Å². The Labute approximate surface area is 210 Å². The number of rotatable bonds is 6. The Kier molecular flexibility index (Phi) is 6.23. The number of carbonyl (C=O) groups excluding carboxylic acids is 1. The summed E-state index contributed by atoms with van der Waals surface area (Å²) in [5, 5.41) is 15.4. The Hall–Kier alpha value is -3.79. The predicted molar refractivity (Wildman–Crippen MR) is 128 cm³/mol. The van der Waals surface area contributed by atoms with Gasteiger partial charge in [0.15, 0.2) is 5.65 Å². The van der Waals surface area contributed by atoms with Gasteiger partial charge in [0.2, 0.25) is 0 Å². The number of amides is 2. The lowest BCUT2D eigenvalue weighted by Gasteiger charge is -2.21. The Bertz CT molecular complexity index is 1480. The molecule has 194 valence electrons. The lowest BCUT2D eigenvalue weighted by Crippen LogP contribution is -2.43. The molecule has 1 aliphatic carbocycles. The average Bonchev–Trinajstić information content (AvgIpc) is 3.47. The van der Waals surface area contributed by atoms with Gasteiger partial charge in [0.1, 0.15) is 12.6 Å². The van der Waals surface area contributed by atoms with Crippen molar-refractivity contribution in [3.63, 3.8) is 0 Å². The number of urea groups is 1. The summed E-state index contributed by atoms with van der Waals surface area (Å²) in [6.45, 7) is -0.990. The molecular formula is C24H23F3N6O3S. The number of fused-ring (bicyclic) bond motifs is 1. The number of alkyl halides is 3. The highest BCUT2D eigenvalue weighted by Gasteiger charge is 2.44. The smallest absolute Gasteiger partial charge is 0.378 e. The van der Waals surface area contributed by atoms with Gasteiger partial charge >= 0.3 is 12.2 Å². The van der Waals surface area contributed by atoms with Crippen LogP contribution in [0.1, 0.15) is 18.4 Å². The average molecular weight is 533 g/mol. The molecule has 1 aliphatic heterocycles. The number of halogens is 3. The molecule has 1 saturated carbocycles. The van der Waals surface area contributed by atoms with Crippen molar-refractivity contribution in [1.82, 2.24) is 19.2 Å². The number of aromatic nitrogens is 2. The number of anilines is 1. The highest BCUT2D eigenvalue weighted by atomic mass is 32.2. The summed E-state index contributed by atoms with van der Waals surface area (Å²) in [6, 6.07) is 10.4. The molecular weight excluding hydrogens is 509 g/mol. The minimum Gasteiger partial charge on any atom is -0.378 e. The molecule has 0 spiro atoms. The molecule has 0 unspecified atom stereocenters. The molecule has 2 aromatic heterocycles. The van der Waals surface area contributed by atoms with Crippen LogP contribution < -0.4 is 10.6 Å². The molecule has 1 aromatic carbocycles. The lowest BCUT2D eigenvalue weighted by atomic mass is 9.97. The Balaban J connectivity index is 1.46. The van der Waals surface area contributed by atoms with Crippen molar-refractivity contribution in [3.8, 4) is 6.07 Å². The van der Waals surface area contributed by atoms with Gasteiger partial charge in [-0.1, -0.05) is 18.2 Å². The van der Waals surface area contributed by atoms with E-state index in [1.807, 2.05) is 5.32 Å². The largest absolute Gasteiger partial charge is 0.405 e. The fourth-order valence-corrected chi connectivity index (χ4v) is 6.15. The topological polar surface area (TPSA) is 120 Å². The van der Waals surface area contributed by atoms with E-state index in [0.29, 0.717) is 17.0 Å². The summed E-state index contributed by atoms with van der Waals surface area (Å²) < 4.78 is 65.2. The van der Waals surface area contributed by atoms with Crippen LogP contribution in [0.15, 0.2) is 53.7 Å². The first kappa shape index (κ1) is 24.9. The maximum Gasteiger partial charge on any atom is 0.405 e.